The maximum absolute atomic E-state index is 9.88. The first-order valence-electron chi connectivity index (χ1n) is 3.30. The summed E-state index contributed by atoms with van der Waals surface area (Å²) >= 11 is 0. The number of aromatic amines is 1. The first-order chi connectivity index (χ1) is 5.79. The maximum Gasteiger partial charge on any atom is 0.506 e. The minimum absolute atomic E-state index is 0.0500. The van der Waals surface area contributed by atoms with Gasteiger partial charge >= 0.3 is 6.16 Å². The van der Waals surface area contributed by atoms with Crippen LogP contribution in [0.25, 0.3) is 6.08 Å². The van der Waals surface area contributed by atoms with Crippen LogP contribution in [0.2, 0.25) is 0 Å². The number of nitrogens with zero attached hydrogens (tertiary/aromatic N) is 1. The Labute approximate surface area is 68.7 Å². The molecule has 64 valence electrons. The summed E-state index contributed by atoms with van der Waals surface area (Å²) in [6.07, 6.45) is 3.61. The molecule has 0 aromatic carbocycles. The predicted octanol–water partition coefficient (Wildman–Crippen LogP) is 1.12. The zero-order chi connectivity index (χ0) is 8.81. The molecule has 0 bridgehead atoms. The Hall–Kier alpha value is -1.78. The van der Waals surface area contributed by atoms with Crippen molar-refractivity contribution in [3.8, 4) is 0 Å². The normalized spacial score (nSPS) is 10.3. The van der Waals surface area contributed by atoms with E-state index in [2.05, 4.69) is 14.9 Å². The van der Waals surface area contributed by atoms with Crippen molar-refractivity contribution in [2.45, 2.75) is 0 Å². The van der Waals surface area contributed by atoms with E-state index in [9.17, 15) is 4.79 Å². The van der Waals surface area contributed by atoms with Gasteiger partial charge in [0.25, 0.3) is 0 Å². The lowest BCUT2D eigenvalue weighted by atomic mass is 10.4. The number of nitrogens with one attached hydrogen (secondary N) is 1. The second-order valence-electron chi connectivity index (χ2n) is 1.99. The van der Waals surface area contributed by atoms with Crippen molar-refractivity contribution in [1.82, 2.24) is 10.2 Å². The number of aromatic nitrogens is 2. The van der Waals surface area contributed by atoms with Gasteiger partial charge in [0.2, 0.25) is 0 Å². The molecule has 1 rings (SSSR count). The van der Waals surface area contributed by atoms with E-state index in [0.717, 1.165) is 5.69 Å². The van der Waals surface area contributed by atoms with Crippen molar-refractivity contribution in [2.24, 2.45) is 0 Å². The molecule has 0 saturated carbocycles. The Morgan fingerprint density at radius 1 is 1.83 bits per heavy atom. The summed E-state index contributed by atoms with van der Waals surface area (Å²) in [4.78, 5) is 9.88. The molecule has 2 N–H and O–H groups in total. The van der Waals surface area contributed by atoms with Gasteiger partial charge in [0.1, 0.15) is 6.61 Å². The summed E-state index contributed by atoms with van der Waals surface area (Å²) in [5.74, 6) is 0. The predicted molar refractivity (Wildman–Crippen MR) is 41.6 cm³/mol. The molecule has 1 aromatic heterocycles. The highest BCUT2D eigenvalue weighted by Gasteiger charge is 1.90. The standard InChI is InChI=1S/C7H8N2O3/c10-7(11)12-5-1-2-6-3-4-8-9-6/h1-4H,5H2,(H,8,9)(H,10,11). The molecule has 0 amide bonds. The van der Waals surface area contributed by atoms with Crippen molar-refractivity contribution in [3.63, 3.8) is 0 Å². The van der Waals surface area contributed by atoms with Crippen LogP contribution in [0.5, 0.6) is 0 Å². The summed E-state index contributed by atoms with van der Waals surface area (Å²) in [5.41, 5.74) is 0.809. The van der Waals surface area contributed by atoms with Crippen LogP contribution >= 0.6 is 0 Å². The second kappa shape index (κ2) is 4.17. The largest absolute Gasteiger partial charge is 0.506 e. The Morgan fingerprint density at radius 3 is 3.25 bits per heavy atom. The highest BCUT2D eigenvalue weighted by Crippen LogP contribution is 1.94. The fraction of sp³-hybridized carbons (Fsp3) is 0.143. The number of carboxylic acid groups (broad SMARTS) is 1. The first-order valence-corrected chi connectivity index (χ1v) is 3.30. The molecule has 12 heavy (non-hydrogen) atoms. The number of H-pyrrole nitrogens is 1. The average molecular weight is 168 g/mol. The first kappa shape index (κ1) is 8.32. The Kier molecular flexibility index (Phi) is 2.89. The zero-order valence-electron chi connectivity index (χ0n) is 6.23. The summed E-state index contributed by atoms with van der Waals surface area (Å²) in [6.45, 7) is 0.0500. The van der Waals surface area contributed by atoms with Crippen molar-refractivity contribution in [1.29, 1.82) is 0 Å². The minimum atomic E-state index is -1.27. The quantitative estimate of drug-likeness (QED) is 0.663. The van der Waals surface area contributed by atoms with E-state index in [1.54, 1.807) is 24.4 Å². The van der Waals surface area contributed by atoms with Crippen LogP contribution in [0.15, 0.2) is 18.3 Å². The smallest absolute Gasteiger partial charge is 0.450 e. The van der Waals surface area contributed by atoms with Gasteiger partial charge in [-0.25, -0.2) is 4.79 Å². The van der Waals surface area contributed by atoms with Crippen molar-refractivity contribution < 1.29 is 14.6 Å². The summed E-state index contributed by atoms with van der Waals surface area (Å²) in [5, 5.41) is 14.5. The van der Waals surface area contributed by atoms with E-state index in [4.69, 9.17) is 5.11 Å². The van der Waals surface area contributed by atoms with Gasteiger partial charge in [-0.3, -0.25) is 5.10 Å². The topological polar surface area (TPSA) is 75.2 Å². The van der Waals surface area contributed by atoms with Crippen LogP contribution < -0.4 is 0 Å². The van der Waals surface area contributed by atoms with Crippen LogP contribution in [0.4, 0.5) is 4.79 Å². The molecule has 5 nitrogen and oxygen atoms in total. The summed E-state index contributed by atoms with van der Waals surface area (Å²) < 4.78 is 4.24. The van der Waals surface area contributed by atoms with E-state index in [0.29, 0.717) is 0 Å². The molecule has 0 atom stereocenters. The molecular weight excluding hydrogens is 160 g/mol. The minimum Gasteiger partial charge on any atom is -0.450 e. The highest BCUT2D eigenvalue weighted by atomic mass is 16.7. The number of hydrogen-bond acceptors (Lipinski definition) is 3. The van der Waals surface area contributed by atoms with Crippen molar-refractivity contribution in [2.75, 3.05) is 6.61 Å². The van der Waals surface area contributed by atoms with E-state index in [-0.39, 0.29) is 6.61 Å². The van der Waals surface area contributed by atoms with E-state index >= 15 is 0 Å². The van der Waals surface area contributed by atoms with Gasteiger partial charge in [-0.15, -0.1) is 0 Å². The van der Waals surface area contributed by atoms with Crippen LogP contribution in [0.1, 0.15) is 5.69 Å². The van der Waals surface area contributed by atoms with E-state index in [1.807, 2.05) is 0 Å². The molecule has 5 heteroatoms. The lowest BCUT2D eigenvalue weighted by Crippen LogP contribution is -1.98. The monoisotopic (exact) mass is 168 g/mol. The van der Waals surface area contributed by atoms with Gasteiger partial charge < -0.3 is 9.84 Å². The van der Waals surface area contributed by atoms with Crippen LogP contribution in [0.3, 0.4) is 0 Å². The average Bonchev–Trinajstić information content (AvgIpc) is 2.49. The molecule has 0 saturated heterocycles. The molecule has 0 aliphatic heterocycles. The summed E-state index contributed by atoms with van der Waals surface area (Å²) in [6, 6.07) is 1.76. The molecule has 0 aliphatic rings. The lowest BCUT2D eigenvalue weighted by molar-refractivity contribution is 0.102. The van der Waals surface area contributed by atoms with Crippen LogP contribution in [-0.2, 0) is 4.74 Å². The third-order valence-electron chi connectivity index (χ3n) is 1.12. The Balaban J connectivity index is 2.27. The highest BCUT2D eigenvalue weighted by molar-refractivity contribution is 5.57. The van der Waals surface area contributed by atoms with E-state index in [1.165, 1.54) is 0 Å². The maximum atomic E-state index is 9.88. The number of hydrogen-bond donors (Lipinski definition) is 2. The van der Waals surface area contributed by atoms with Crippen molar-refractivity contribution >= 4 is 12.2 Å². The van der Waals surface area contributed by atoms with Crippen molar-refractivity contribution in [3.05, 3.63) is 24.0 Å². The second-order valence-corrected chi connectivity index (χ2v) is 1.99. The molecule has 0 spiro atoms. The molecule has 0 aliphatic carbocycles. The van der Waals surface area contributed by atoms with E-state index < -0.39 is 6.16 Å². The number of carbonyl (C=O) groups is 1. The van der Waals surface area contributed by atoms with Crippen LogP contribution in [-0.4, -0.2) is 28.1 Å². The van der Waals surface area contributed by atoms with Gasteiger partial charge in [-0.2, -0.15) is 5.10 Å². The Morgan fingerprint density at radius 2 is 2.67 bits per heavy atom. The molecule has 0 fully saturated rings. The number of rotatable bonds is 3. The molecule has 0 unspecified atom stereocenters. The lowest BCUT2D eigenvalue weighted by Gasteiger charge is -1.91. The van der Waals surface area contributed by atoms with Gasteiger partial charge in [0.15, 0.2) is 0 Å². The molecule has 0 radical (unpaired) electrons. The SMILES string of the molecule is O=C(O)OCC=Cc1ccn[nH]1. The number of ether oxygens (including phenoxy) is 1. The fourth-order valence-corrected chi connectivity index (χ4v) is 0.654. The van der Waals surface area contributed by atoms with Gasteiger partial charge in [-0.1, -0.05) is 0 Å². The Bertz CT molecular complexity index is 266. The molecule has 1 aromatic rings. The third-order valence-corrected chi connectivity index (χ3v) is 1.12. The third kappa shape index (κ3) is 2.87. The molecule has 1 heterocycles. The van der Waals surface area contributed by atoms with Crippen LogP contribution in [0, 0.1) is 0 Å². The van der Waals surface area contributed by atoms with Gasteiger partial charge in [0.05, 0.1) is 5.69 Å². The zero-order valence-corrected chi connectivity index (χ0v) is 6.23. The van der Waals surface area contributed by atoms with Gasteiger partial charge in [-0.05, 0) is 18.2 Å². The molecular formula is C7H8N2O3. The van der Waals surface area contributed by atoms with Gasteiger partial charge in [0, 0.05) is 6.20 Å². The summed E-state index contributed by atoms with van der Waals surface area (Å²) in [7, 11) is 0. The fourth-order valence-electron chi connectivity index (χ4n) is 0.654.